The molecular weight excluding hydrogens is 458 g/mol. The third kappa shape index (κ3) is 4.99. The SMILES string of the molecule is COc1ccc([Si](C)(C)C(CCO)[C@H]2Oc3ccc(N4CCCCC4=O)cc3[C@@H](OC)[C@@H]2C)cc1. The second-order valence-corrected chi connectivity index (χ2v) is 15.2. The molecule has 0 aliphatic carbocycles. The summed E-state index contributed by atoms with van der Waals surface area (Å²) in [4.78, 5) is 14.4. The zero-order valence-corrected chi connectivity index (χ0v) is 22.6. The number of fused-ring (bicyclic) bond motifs is 1. The highest BCUT2D eigenvalue weighted by molar-refractivity contribution is 6.91. The number of hydrogen-bond donors (Lipinski definition) is 1. The van der Waals surface area contributed by atoms with Crippen molar-refractivity contribution in [3.63, 3.8) is 0 Å². The predicted octanol–water partition coefficient (Wildman–Crippen LogP) is 4.66. The maximum atomic E-state index is 12.5. The number of aliphatic hydroxyl groups excluding tert-OH is 1. The van der Waals surface area contributed by atoms with E-state index >= 15 is 0 Å². The molecule has 2 aromatic rings. The smallest absolute Gasteiger partial charge is 0.226 e. The van der Waals surface area contributed by atoms with Gasteiger partial charge in [-0.15, -0.1) is 0 Å². The predicted molar refractivity (Wildman–Crippen MR) is 142 cm³/mol. The molecule has 2 aliphatic heterocycles. The molecule has 2 aliphatic rings. The molecule has 6 nitrogen and oxygen atoms in total. The van der Waals surface area contributed by atoms with Crippen LogP contribution in [0.1, 0.15) is 44.3 Å². The number of carbonyl (C=O) groups is 1. The average Bonchev–Trinajstić information content (AvgIpc) is 2.87. The van der Waals surface area contributed by atoms with Crippen LogP contribution in [0.2, 0.25) is 18.6 Å². The Morgan fingerprint density at radius 3 is 2.51 bits per heavy atom. The first-order chi connectivity index (χ1) is 16.8. The molecule has 1 N–H and O–H groups in total. The fourth-order valence-electron chi connectivity index (χ4n) is 5.92. The number of benzene rings is 2. The van der Waals surface area contributed by atoms with E-state index in [1.54, 1.807) is 14.2 Å². The molecule has 1 saturated heterocycles. The Hall–Kier alpha value is -2.35. The van der Waals surface area contributed by atoms with Gasteiger partial charge in [0.2, 0.25) is 5.91 Å². The maximum absolute atomic E-state index is 12.5. The van der Waals surface area contributed by atoms with Gasteiger partial charge in [0.05, 0.1) is 21.3 Å². The number of ether oxygens (including phenoxy) is 3. The summed E-state index contributed by atoms with van der Waals surface area (Å²) in [6, 6.07) is 14.4. The van der Waals surface area contributed by atoms with E-state index in [4.69, 9.17) is 14.2 Å². The Morgan fingerprint density at radius 1 is 1.14 bits per heavy atom. The van der Waals surface area contributed by atoms with Crippen LogP contribution in [-0.4, -0.2) is 52.6 Å². The maximum Gasteiger partial charge on any atom is 0.226 e. The molecule has 2 aromatic carbocycles. The normalized spacial score (nSPS) is 23.4. The first kappa shape index (κ1) is 25.7. The minimum Gasteiger partial charge on any atom is -0.497 e. The van der Waals surface area contributed by atoms with Gasteiger partial charge in [-0.05, 0) is 55.1 Å². The van der Waals surface area contributed by atoms with Gasteiger partial charge in [0, 0.05) is 43.9 Å². The van der Waals surface area contributed by atoms with E-state index < -0.39 is 8.07 Å². The lowest BCUT2D eigenvalue weighted by Crippen LogP contribution is -2.54. The molecule has 4 atom stereocenters. The van der Waals surface area contributed by atoms with Crippen molar-refractivity contribution in [3.05, 3.63) is 48.0 Å². The van der Waals surface area contributed by atoms with Gasteiger partial charge in [-0.25, -0.2) is 0 Å². The van der Waals surface area contributed by atoms with Crippen LogP contribution in [0.4, 0.5) is 5.69 Å². The van der Waals surface area contributed by atoms with E-state index in [-0.39, 0.29) is 36.2 Å². The standard InChI is InChI=1S/C28H39NO5Si/c1-19-27(33-3)23-18-20(29-16-7-6-8-26(29)31)9-14-24(23)34-28(19)25(15-17-30)35(4,5)22-12-10-21(32-2)11-13-22/h9-14,18-19,25,27-28,30H,6-8,15-17H2,1-5H3/t19-,25?,27-,28-/m0/s1. The number of amides is 1. The van der Waals surface area contributed by atoms with Gasteiger partial charge < -0.3 is 24.2 Å². The van der Waals surface area contributed by atoms with Gasteiger partial charge in [0.15, 0.2) is 0 Å². The number of methoxy groups -OCH3 is 2. The zero-order valence-electron chi connectivity index (χ0n) is 21.6. The van der Waals surface area contributed by atoms with Crippen LogP contribution in [0.25, 0.3) is 0 Å². The third-order valence-corrected chi connectivity index (χ3v) is 12.3. The molecule has 0 radical (unpaired) electrons. The van der Waals surface area contributed by atoms with Crippen LogP contribution in [0, 0.1) is 5.92 Å². The number of nitrogens with zero attached hydrogens (tertiary/aromatic N) is 1. The summed E-state index contributed by atoms with van der Waals surface area (Å²) >= 11 is 0. The minimum absolute atomic E-state index is 0.0846. The zero-order chi connectivity index (χ0) is 25.2. The highest BCUT2D eigenvalue weighted by Gasteiger charge is 2.47. The number of carbonyl (C=O) groups excluding carboxylic acids is 1. The van der Waals surface area contributed by atoms with Crippen LogP contribution in [-0.2, 0) is 9.53 Å². The number of hydrogen-bond acceptors (Lipinski definition) is 5. The first-order valence-electron chi connectivity index (χ1n) is 12.7. The number of anilines is 1. The molecule has 1 unspecified atom stereocenters. The van der Waals surface area contributed by atoms with Crippen molar-refractivity contribution < 1.29 is 24.1 Å². The average molecular weight is 498 g/mol. The minimum atomic E-state index is -2.05. The van der Waals surface area contributed by atoms with Gasteiger partial charge in [-0.2, -0.15) is 0 Å². The molecule has 4 rings (SSSR count). The van der Waals surface area contributed by atoms with Crippen molar-refractivity contribution in [2.24, 2.45) is 5.92 Å². The second kappa shape index (κ2) is 10.7. The Kier molecular flexibility index (Phi) is 7.88. The van der Waals surface area contributed by atoms with Crippen LogP contribution < -0.4 is 19.6 Å². The molecule has 0 aromatic heterocycles. The van der Waals surface area contributed by atoms with Gasteiger partial charge in [-0.1, -0.05) is 37.3 Å². The van der Waals surface area contributed by atoms with Crippen molar-refractivity contribution >= 4 is 24.9 Å². The highest BCUT2D eigenvalue weighted by Crippen LogP contribution is 2.48. The molecule has 0 saturated carbocycles. The van der Waals surface area contributed by atoms with Gasteiger partial charge in [0.1, 0.15) is 17.6 Å². The fourth-order valence-corrected chi connectivity index (χ4v) is 9.42. The molecule has 0 bridgehead atoms. The molecule has 1 amide bonds. The van der Waals surface area contributed by atoms with E-state index in [2.05, 4.69) is 38.2 Å². The van der Waals surface area contributed by atoms with Crippen LogP contribution in [0.5, 0.6) is 11.5 Å². The van der Waals surface area contributed by atoms with E-state index in [0.717, 1.165) is 42.1 Å². The quantitative estimate of drug-likeness (QED) is 0.537. The molecule has 35 heavy (non-hydrogen) atoms. The fraction of sp³-hybridized carbons (Fsp3) is 0.536. The molecule has 2 heterocycles. The van der Waals surface area contributed by atoms with Crippen molar-refractivity contribution in [2.75, 3.05) is 32.3 Å². The van der Waals surface area contributed by atoms with Gasteiger partial charge in [0.25, 0.3) is 0 Å². The van der Waals surface area contributed by atoms with Crippen molar-refractivity contribution in [1.82, 2.24) is 0 Å². The van der Waals surface area contributed by atoms with Crippen molar-refractivity contribution in [2.45, 2.75) is 63.5 Å². The van der Waals surface area contributed by atoms with Crippen LogP contribution >= 0.6 is 0 Å². The first-order valence-corrected chi connectivity index (χ1v) is 15.8. The summed E-state index contributed by atoms with van der Waals surface area (Å²) in [7, 11) is 1.37. The summed E-state index contributed by atoms with van der Waals surface area (Å²) in [6.07, 6.45) is 3.03. The van der Waals surface area contributed by atoms with Crippen molar-refractivity contribution in [1.29, 1.82) is 0 Å². The largest absolute Gasteiger partial charge is 0.497 e. The second-order valence-electron chi connectivity index (χ2n) is 10.4. The Balaban J connectivity index is 1.67. The van der Waals surface area contributed by atoms with Crippen LogP contribution in [0.3, 0.4) is 0 Å². The summed E-state index contributed by atoms with van der Waals surface area (Å²) < 4.78 is 18.1. The molecule has 190 valence electrons. The Bertz CT molecular complexity index is 1020. The van der Waals surface area contributed by atoms with Crippen LogP contribution in [0.15, 0.2) is 42.5 Å². The lowest BCUT2D eigenvalue weighted by atomic mass is 9.86. The summed E-state index contributed by atoms with van der Waals surface area (Å²) in [5.41, 5.74) is 2.11. The van der Waals surface area contributed by atoms with E-state index in [0.29, 0.717) is 12.8 Å². The summed E-state index contributed by atoms with van der Waals surface area (Å²) in [5.74, 6) is 1.93. The van der Waals surface area contributed by atoms with E-state index in [9.17, 15) is 9.90 Å². The van der Waals surface area contributed by atoms with Gasteiger partial charge >= 0.3 is 0 Å². The summed E-state index contributed by atoms with van der Waals surface area (Å²) in [6.45, 7) is 7.77. The molecule has 0 spiro atoms. The Morgan fingerprint density at radius 2 is 1.89 bits per heavy atom. The molecule has 7 heteroatoms. The van der Waals surface area contributed by atoms with E-state index in [1.165, 1.54) is 5.19 Å². The molecule has 1 fully saturated rings. The van der Waals surface area contributed by atoms with Crippen molar-refractivity contribution in [3.8, 4) is 11.5 Å². The van der Waals surface area contributed by atoms with E-state index in [1.807, 2.05) is 29.2 Å². The molecular formula is C28H39NO5Si. The summed E-state index contributed by atoms with van der Waals surface area (Å²) in [5, 5.41) is 11.4. The topological polar surface area (TPSA) is 68.2 Å². The third-order valence-electron chi connectivity index (χ3n) is 8.05. The monoisotopic (exact) mass is 497 g/mol. The lowest BCUT2D eigenvalue weighted by Gasteiger charge is -2.46. The Labute approximate surface area is 210 Å². The highest BCUT2D eigenvalue weighted by atomic mass is 28.3. The lowest BCUT2D eigenvalue weighted by molar-refractivity contribution is -0.119. The van der Waals surface area contributed by atoms with Gasteiger partial charge in [-0.3, -0.25) is 4.79 Å². The number of rotatable bonds is 8. The number of piperidine rings is 1. The number of aliphatic hydroxyl groups is 1.